The van der Waals surface area contributed by atoms with Gasteiger partial charge in [0.05, 0.1) is 17.8 Å². The van der Waals surface area contributed by atoms with Gasteiger partial charge in [-0.25, -0.2) is 8.42 Å². The lowest BCUT2D eigenvalue weighted by Gasteiger charge is -2.34. The number of fused-ring (bicyclic) bond motifs is 1. The molecular weight excluding hydrogens is 499 g/mol. The van der Waals surface area contributed by atoms with Crippen molar-refractivity contribution < 1.29 is 63.5 Å². The summed E-state index contributed by atoms with van der Waals surface area (Å²) >= 11 is 0. The highest BCUT2D eigenvalue weighted by Gasteiger charge is 2.71. The van der Waals surface area contributed by atoms with E-state index in [-0.39, 0.29) is 6.42 Å². The van der Waals surface area contributed by atoms with Crippen LogP contribution < -0.4 is 0 Å². The molecule has 4 aliphatic rings. The van der Waals surface area contributed by atoms with E-state index in [2.05, 4.69) is 4.74 Å². The molecule has 7 atom stereocenters. The van der Waals surface area contributed by atoms with Crippen LogP contribution in [0.4, 0.5) is 22.0 Å². The molecule has 0 aromatic carbocycles. The van der Waals surface area contributed by atoms with Crippen LogP contribution in [0.1, 0.15) is 38.5 Å². The highest BCUT2D eigenvalue weighted by Crippen LogP contribution is 2.59. The van der Waals surface area contributed by atoms with Crippen LogP contribution in [0.15, 0.2) is 0 Å². The summed E-state index contributed by atoms with van der Waals surface area (Å²) in [6, 6.07) is 0. The average molecular weight is 519 g/mol. The second kappa shape index (κ2) is 8.28. The monoisotopic (exact) mass is 519 g/mol. The molecule has 3 saturated carbocycles. The SMILES string of the molecule is O=C(OC1C2CC3C1OC(=O)C3C2C(=O)OC(C(F)(F)F)C(F)(F)S(=O)(=O)[O-])C1CCCCC1. The van der Waals surface area contributed by atoms with Crippen molar-refractivity contribution in [1.29, 1.82) is 0 Å². The van der Waals surface area contributed by atoms with Crippen molar-refractivity contribution in [3.8, 4) is 0 Å². The van der Waals surface area contributed by atoms with Crippen LogP contribution in [-0.2, 0) is 38.7 Å². The van der Waals surface area contributed by atoms with Crippen LogP contribution in [0.25, 0.3) is 0 Å². The van der Waals surface area contributed by atoms with Crippen LogP contribution in [0.2, 0.25) is 0 Å². The van der Waals surface area contributed by atoms with Crippen LogP contribution in [-0.4, -0.2) is 60.6 Å². The standard InChI is InChI=1S/C19H21F5O9S/c20-18(21,22)17(19(23,24)34(28,29)30)33-16(27)11-9-6-8-10(11)15(26)32-13(8)12(9)31-14(25)7-4-2-1-3-5-7/h7-13,17H,1-6H2,(H,28,29,30)/p-1. The minimum atomic E-state index is -6.87. The lowest BCUT2D eigenvalue weighted by Crippen LogP contribution is -2.54. The fourth-order valence-electron chi connectivity index (χ4n) is 5.69. The third kappa shape index (κ3) is 4.03. The molecule has 0 aromatic heterocycles. The van der Waals surface area contributed by atoms with Gasteiger partial charge in [-0.05, 0) is 19.3 Å². The maximum Gasteiger partial charge on any atom is 0.432 e. The van der Waals surface area contributed by atoms with E-state index >= 15 is 0 Å². The lowest BCUT2D eigenvalue weighted by molar-refractivity contribution is -0.262. The van der Waals surface area contributed by atoms with Crippen molar-refractivity contribution >= 4 is 28.0 Å². The van der Waals surface area contributed by atoms with Crippen molar-refractivity contribution in [1.82, 2.24) is 0 Å². The van der Waals surface area contributed by atoms with Gasteiger partial charge in [-0.1, -0.05) is 19.3 Å². The Hall–Kier alpha value is -2.03. The Kier molecular flexibility index (Phi) is 6.10. The van der Waals surface area contributed by atoms with Gasteiger partial charge in [0.25, 0.3) is 6.10 Å². The maximum atomic E-state index is 13.8. The highest BCUT2D eigenvalue weighted by molar-refractivity contribution is 7.86. The number of carbonyl (C=O) groups excluding carboxylic acids is 3. The molecule has 192 valence electrons. The topological polar surface area (TPSA) is 136 Å². The van der Waals surface area contributed by atoms with Gasteiger partial charge in [0.1, 0.15) is 12.2 Å². The van der Waals surface area contributed by atoms with E-state index in [9.17, 15) is 49.3 Å². The van der Waals surface area contributed by atoms with Crippen molar-refractivity contribution in [2.75, 3.05) is 0 Å². The Balaban J connectivity index is 1.56. The number of esters is 3. The normalized spacial score (nSPS) is 34.6. The number of halogens is 5. The van der Waals surface area contributed by atoms with E-state index in [1.807, 2.05) is 0 Å². The molecule has 0 aromatic rings. The first-order valence-corrected chi connectivity index (χ1v) is 12.1. The van der Waals surface area contributed by atoms with Crippen LogP contribution in [0, 0.1) is 29.6 Å². The Labute approximate surface area is 190 Å². The van der Waals surface area contributed by atoms with Crippen LogP contribution in [0.5, 0.6) is 0 Å². The summed E-state index contributed by atoms with van der Waals surface area (Å²) in [5.41, 5.74) is 0. The molecule has 1 saturated heterocycles. The molecule has 2 bridgehead atoms. The first-order valence-electron chi connectivity index (χ1n) is 10.7. The Morgan fingerprint density at radius 1 is 1.03 bits per heavy atom. The first kappa shape index (κ1) is 25.1. The zero-order valence-corrected chi connectivity index (χ0v) is 18.2. The highest BCUT2D eigenvalue weighted by atomic mass is 32.2. The van der Waals surface area contributed by atoms with Crippen LogP contribution in [0.3, 0.4) is 0 Å². The largest absolute Gasteiger partial charge is 0.743 e. The molecular formula is C19H20F5O9S-. The third-order valence-corrected chi connectivity index (χ3v) is 8.06. The number of hydrogen-bond donors (Lipinski definition) is 0. The Bertz CT molecular complexity index is 975. The summed E-state index contributed by atoms with van der Waals surface area (Å²) < 4.78 is 114. The molecule has 0 amide bonds. The second-order valence-corrected chi connectivity index (χ2v) is 10.6. The minimum absolute atomic E-state index is 0.0242. The van der Waals surface area contributed by atoms with Gasteiger partial charge in [-0.2, -0.15) is 22.0 Å². The van der Waals surface area contributed by atoms with Crippen molar-refractivity contribution in [2.45, 2.75) is 68.3 Å². The molecule has 3 aliphatic carbocycles. The fraction of sp³-hybridized carbons (Fsp3) is 0.842. The van der Waals surface area contributed by atoms with Gasteiger partial charge in [0, 0.05) is 11.8 Å². The summed E-state index contributed by atoms with van der Waals surface area (Å²) in [5, 5.41) is -6.01. The molecule has 0 N–H and O–H groups in total. The van der Waals surface area contributed by atoms with Gasteiger partial charge in [-0.15, -0.1) is 0 Å². The molecule has 1 heterocycles. The van der Waals surface area contributed by atoms with E-state index in [0.717, 1.165) is 19.3 Å². The van der Waals surface area contributed by atoms with Gasteiger partial charge in [0.15, 0.2) is 10.1 Å². The van der Waals surface area contributed by atoms with Gasteiger partial charge >= 0.3 is 29.3 Å². The number of ether oxygens (including phenoxy) is 3. The summed E-state index contributed by atoms with van der Waals surface area (Å²) in [6.07, 6.45) is -9.13. The Morgan fingerprint density at radius 3 is 2.21 bits per heavy atom. The predicted octanol–water partition coefficient (Wildman–Crippen LogP) is 1.90. The molecule has 4 fully saturated rings. The number of alkyl halides is 5. The summed E-state index contributed by atoms with van der Waals surface area (Å²) in [6.45, 7) is 0. The Morgan fingerprint density at radius 2 is 1.65 bits per heavy atom. The summed E-state index contributed by atoms with van der Waals surface area (Å²) in [7, 11) is -6.87. The summed E-state index contributed by atoms with van der Waals surface area (Å²) in [5.74, 6) is -8.80. The molecule has 15 heteroatoms. The van der Waals surface area contributed by atoms with E-state index < -0.39 is 87.4 Å². The van der Waals surface area contributed by atoms with E-state index in [0.29, 0.717) is 12.8 Å². The van der Waals surface area contributed by atoms with Crippen LogP contribution >= 0.6 is 0 Å². The maximum absolute atomic E-state index is 13.8. The number of rotatable bonds is 6. The molecule has 4 rings (SSSR count). The van der Waals surface area contributed by atoms with E-state index in [4.69, 9.17) is 9.47 Å². The average Bonchev–Trinajstić information content (AvgIpc) is 3.34. The lowest BCUT2D eigenvalue weighted by atomic mass is 9.78. The van der Waals surface area contributed by atoms with Gasteiger partial charge < -0.3 is 18.8 Å². The van der Waals surface area contributed by atoms with E-state index in [1.165, 1.54) is 0 Å². The van der Waals surface area contributed by atoms with Crippen molar-refractivity contribution in [3.05, 3.63) is 0 Å². The van der Waals surface area contributed by atoms with Crippen molar-refractivity contribution in [3.63, 3.8) is 0 Å². The zero-order valence-electron chi connectivity index (χ0n) is 17.3. The first-order chi connectivity index (χ1) is 15.6. The molecule has 0 radical (unpaired) electrons. The minimum Gasteiger partial charge on any atom is -0.743 e. The third-order valence-electron chi connectivity index (χ3n) is 7.18. The molecule has 34 heavy (non-hydrogen) atoms. The smallest absolute Gasteiger partial charge is 0.432 e. The quantitative estimate of drug-likeness (QED) is 0.223. The zero-order chi connectivity index (χ0) is 25.2. The number of carbonyl (C=O) groups is 3. The van der Waals surface area contributed by atoms with Gasteiger partial charge in [-0.3, -0.25) is 14.4 Å². The van der Waals surface area contributed by atoms with E-state index in [1.54, 1.807) is 0 Å². The molecule has 0 spiro atoms. The predicted molar refractivity (Wildman–Crippen MR) is 95.5 cm³/mol. The molecule has 7 unspecified atom stereocenters. The number of hydrogen-bond acceptors (Lipinski definition) is 9. The summed E-state index contributed by atoms with van der Waals surface area (Å²) in [4.78, 5) is 37.5. The second-order valence-electron chi connectivity index (χ2n) is 9.13. The molecule has 1 aliphatic heterocycles. The van der Waals surface area contributed by atoms with Gasteiger partial charge in [0.2, 0.25) is 0 Å². The van der Waals surface area contributed by atoms with Crippen molar-refractivity contribution in [2.24, 2.45) is 29.6 Å². The molecule has 9 nitrogen and oxygen atoms in total. The fourth-order valence-corrected chi connectivity index (χ4v) is 6.13.